The maximum absolute atomic E-state index is 14.0. The summed E-state index contributed by atoms with van der Waals surface area (Å²) in [5.74, 6) is 0.0116. The van der Waals surface area contributed by atoms with Crippen LogP contribution in [0.1, 0.15) is 5.56 Å². The summed E-state index contributed by atoms with van der Waals surface area (Å²) in [6.45, 7) is 1.89. The monoisotopic (exact) mass is 428 g/mol. The molecule has 0 aliphatic rings. The van der Waals surface area contributed by atoms with Gasteiger partial charge in [0.1, 0.15) is 11.6 Å². The van der Waals surface area contributed by atoms with Gasteiger partial charge in [-0.1, -0.05) is 69.2 Å². The van der Waals surface area contributed by atoms with Crippen LogP contribution in [0.2, 0.25) is 0 Å². The van der Waals surface area contributed by atoms with E-state index < -0.39 is 17.0 Å². The molecule has 0 fully saturated rings. The predicted octanol–water partition coefficient (Wildman–Crippen LogP) is 5.51. The summed E-state index contributed by atoms with van der Waals surface area (Å²) >= 11 is -0.556. The van der Waals surface area contributed by atoms with Gasteiger partial charge in [0.25, 0.3) is 0 Å². The molecule has 0 amide bonds. The van der Waals surface area contributed by atoms with Crippen molar-refractivity contribution < 1.29 is 26.5 Å². The van der Waals surface area contributed by atoms with Crippen LogP contribution in [0, 0.1) is 12.7 Å². The Labute approximate surface area is 165 Å². The summed E-state index contributed by atoms with van der Waals surface area (Å²) in [4.78, 5) is 0. The molecule has 0 heterocycles. The molecule has 0 bridgehead atoms. The van der Waals surface area contributed by atoms with E-state index >= 15 is 0 Å². The molecule has 1 N–H and O–H groups in total. The summed E-state index contributed by atoms with van der Waals surface area (Å²) in [7, 11) is 9.87. The number of aryl methyl sites for hydroxylation is 1. The number of halogens is 3. The maximum atomic E-state index is 14.0. The molecule has 1 nitrogen and oxygen atoms in total. The molecule has 1 atom stereocenters. The normalized spacial score (nSPS) is 10.4. The Morgan fingerprint density at radius 3 is 2.20 bits per heavy atom. The first-order valence-corrected chi connectivity index (χ1v) is 12.7. The first-order chi connectivity index (χ1) is 12.1. The number of hydrogen-bond donors (Lipinski definition) is 1. The Morgan fingerprint density at radius 2 is 1.56 bits per heavy atom. The van der Waals surface area contributed by atoms with Gasteiger partial charge in [-0.3, -0.25) is 0 Å². The van der Waals surface area contributed by atoms with Crippen LogP contribution in [0.5, 0.6) is 5.75 Å². The summed E-state index contributed by atoms with van der Waals surface area (Å²) in [6, 6.07) is 20.4. The van der Waals surface area contributed by atoms with Gasteiger partial charge in [-0.15, -0.1) is 0 Å². The van der Waals surface area contributed by atoms with Gasteiger partial charge in [-0.25, -0.2) is 4.39 Å². The molecular weight excluding hydrogens is 413 g/mol. The van der Waals surface area contributed by atoms with Crippen LogP contribution in [0.15, 0.2) is 66.7 Å². The third-order valence-corrected chi connectivity index (χ3v) is 5.16. The molecule has 3 aromatic carbocycles. The molecule has 0 spiro atoms. The fourth-order valence-electron chi connectivity index (χ4n) is 2.42. The fraction of sp³-hybridized carbons (Fsp3) is 0.0526. The molecule has 0 aliphatic carbocycles. The van der Waals surface area contributed by atoms with Gasteiger partial charge in [0.05, 0.1) is 0 Å². The van der Waals surface area contributed by atoms with Crippen molar-refractivity contribution in [2.24, 2.45) is 0 Å². The minimum absolute atomic E-state index is 0.0895. The standard InChI is InChI=1S/C19H16FOP.2ClH.Ti/c1-13-7-5-11-16(20)19(13)22-17-12-6-10-15(18(17)21)14-8-3-2-4-9-14;;;/h2-12,21-22H,1H3;2*1H;/q;;;+2/p-2. The van der Waals surface area contributed by atoms with Gasteiger partial charge in [-0.05, 0) is 24.1 Å². The third kappa shape index (κ3) is 5.54. The summed E-state index contributed by atoms with van der Waals surface area (Å²) < 4.78 is 14.0. The zero-order valence-corrected chi connectivity index (χ0v) is 17.5. The van der Waals surface area contributed by atoms with Gasteiger partial charge in [0, 0.05) is 16.2 Å². The van der Waals surface area contributed by atoms with Crippen molar-refractivity contribution in [3.63, 3.8) is 0 Å². The van der Waals surface area contributed by atoms with Crippen LogP contribution in [0.3, 0.4) is 0 Å². The van der Waals surface area contributed by atoms with E-state index in [4.69, 9.17) is 18.6 Å². The first kappa shape index (κ1) is 20.4. The number of para-hydroxylation sites is 1. The Kier molecular flexibility index (Phi) is 8.42. The molecule has 0 saturated carbocycles. The second kappa shape index (κ2) is 10.3. The molecule has 0 radical (unpaired) electrons. The Bertz CT molecular complexity index is 811. The molecule has 3 rings (SSSR count). The fourth-order valence-corrected chi connectivity index (χ4v) is 3.61. The van der Waals surface area contributed by atoms with E-state index in [0.29, 0.717) is 5.30 Å². The van der Waals surface area contributed by atoms with Gasteiger partial charge < -0.3 is 5.11 Å². The first-order valence-electron chi connectivity index (χ1n) is 7.44. The molecule has 0 aliphatic heterocycles. The van der Waals surface area contributed by atoms with Crippen molar-refractivity contribution in [1.29, 1.82) is 0 Å². The number of phenolic OH excluding ortho intramolecular Hbond substituents is 1. The molecule has 6 heteroatoms. The molecule has 0 aromatic heterocycles. The van der Waals surface area contributed by atoms with Gasteiger partial charge in [-0.2, -0.15) is 0 Å². The number of phenols is 1. The van der Waals surface area contributed by atoms with Crippen LogP contribution in [-0.4, -0.2) is 5.11 Å². The second-order valence-electron chi connectivity index (χ2n) is 5.20. The van der Waals surface area contributed by atoms with E-state index in [1.165, 1.54) is 6.07 Å². The van der Waals surface area contributed by atoms with Crippen molar-refractivity contribution >= 4 is 37.8 Å². The number of benzene rings is 3. The number of hydrogen-bond acceptors (Lipinski definition) is 1. The zero-order valence-electron chi connectivity index (χ0n) is 13.4. The van der Waals surface area contributed by atoms with Crippen LogP contribution >= 0.6 is 27.2 Å². The number of rotatable bonds is 3. The Hall–Kier alpha value is -0.886. The average molecular weight is 429 g/mol. The molecule has 25 heavy (non-hydrogen) atoms. The summed E-state index contributed by atoms with van der Waals surface area (Å²) in [5.41, 5.74) is 2.64. The van der Waals surface area contributed by atoms with Gasteiger partial charge >= 0.3 is 35.6 Å². The topological polar surface area (TPSA) is 20.2 Å². The van der Waals surface area contributed by atoms with Crippen LogP contribution in [0.25, 0.3) is 11.1 Å². The van der Waals surface area contributed by atoms with Crippen molar-refractivity contribution in [3.05, 3.63) is 78.1 Å². The Morgan fingerprint density at radius 1 is 0.920 bits per heavy atom. The molecule has 1 unspecified atom stereocenters. The van der Waals surface area contributed by atoms with Gasteiger partial charge in [0.2, 0.25) is 0 Å². The average Bonchev–Trinajstić information content (AvgIpc) is 2.61. The van der Waals surface area contributed by atoms with Crippen molar-refractivity contribution in [2.45, 2.75) is 6.92 Å². The van der Waals surface area contributed by atoms with Crippen LogP contribution in [0.4, 0.5) is 4.39 Å². The minimum atomic E-state index is -0.556. The van der Waals surface area contributed by atoms with Gasteiger partial charge in [0.15, 0.2) is 0 Å². The summed E-state index contributed by atoms with van der Waals surface area (Å²) in [5, 5.41) is 12.0. The predicted molar refractivity (Wildman–Crippen MR) is 104 cm³/mol. The molecule has 3 aromatic rings. The zero-order chi connectivity index (χ0) is 18.2. The van der Waals surface area contributed by atoms with Crippen LogP contribution < -0.4 is 10.6 Å². The van der Waals surface area contributed by atoms with E-state index in [9.17, 15) is 9.50 Å². The summed E-state index contributed by atoms with van der Waals surface area (Å²) in [6.07, 6.45) is 0. The van der Waals surface area contributed by atoms with E-state index in [2.05, 4.69) is 0 Å². The van der Waals surface area contributed by atoms with Crippen LogP contribution in [-0.2, 0) is 17.0 Å². The van der Waals surface area contributed by atoms with Crippen molar-refractivity contribution in [3.8, 4) is 16.9 Å². The van der Waals surface area contributed by atoms with E-state index in [1.807, 2.05) is 61.5 Å². The second-order valence-corrected chi connectivity index (χ2v) is 9.06. The Balaban J connectivity index is 0.000000701. The quantitative estimate of drug-likeness (QED) is 0.430. The third-order valence-electron chi connectivity index (χ3n) is 3.60. The number of aromatic hydroxyl groups is 1. The van der Waals surface area contributed by atoms with E-state index in [1.54, 1.807) is 6.07 Å². The van der Waals surface area contributed by atoms with E-state index in [0.717, 1.165) is 22.0 Å². The van der Waals surface area contributed by atoms with E-state index in [-0.39, 0.29) is 20.1 Å². The molecular formula is C19H16Cl2FOPTi. The van der Waals surface area contributed by atoms with Crippen molar-refractivity contribution in [2.75, 3.05) is 0 Å². The van der Waals surface area contributed by atoms with Crippen molar-refractivity contribution in [1.82, 2.24) is 0 Å². The molecule has 128 valence electrons. The molecule has 0 saturated heterocycles. The SMILES string of the molecule is Cc1cccc(F)c1Pc1cccc(-c2ccccc2)c1O.[Cl][Ti][Cl].